The number of allylic oxidation sites excluding steroid dienone is 3. The van der Waals surface area contributed by atoms with E-state index in [1.165, 1.54) is 20.5 Å². The molecular weight excluding hydrogens is 370 g/mol. The molecule has 0 saturated heterocycles. The number of aliphatic carboxylic acids is 2. The smallest absolute Gasteiger partial charge is 0.334 e. The van der Waals surface area contributed by atoms with Gasteiger partial charge in [-0.3, -0.25) is 0 Å². The molecule has 2 N–H and O–H groups in total. The summed E-state index contributed by atoms with van der Waals surface area (Å²) in [6.45, 7) is 4.58. The molecule has 0 bridgehead atoms. The van der Waals surface area contributed by atoms with Crippen LogP contribution in [0.3, 0.4) is 0 Å². The van der Waals surface area contributed by atoms with Gasteiger partial charge in [0.05, 0.1) is 17.8 Å². The zero-order valence-electron chi connectivity index (χ0n) is 16.6. The maximum absolute atomic E-state index is 12.4. The maximum Gasteiger partial charge on any atom is 0.334 e. The molecule has 0 aliphatic carbocycles. The highest BCUT2D eigenvalue weighted by Gasteiger charge is 2.54. The van der Waals surface area contributed by atoms with Crippen molar-refractivity contribution < 1.29 is 38.7 Å². The Morgan fingerprint density at radius 1 is 1.07 bits per heavy atom. The zero-order valence-corrected chi connectivity index (χ0v) is 16.6. The first-order valence-electron chi connectivity index (χ1n) is 8.92. The quantitative estimate of drug-likeness (QED) is 0.598. The van der Waals surface area contributed by atoms with Crippen molar-refractivity contribution in [1.29, 1.82) is 0 Å². The van der Waals surface area contributed by atoms with Crippen molar-refractivity contribution in [3.63, 3.8) is 0 Å². The number of carboxylic acid groups (broad SMARTS) is 2. The van der Waals surface area contributed by atoms with Crippen molar-refractivity contribution in [2.24, 2.45) is 5.41 Å². The molecule has 0 aromatic rings. The molecule has 0 saturated carbocycles. The van der Waals surface area contributed by atoms with E-state index in [0.29, 0.717) is 31.2 Å². The number of rotatable bonds is 9. The molecule has 0 radical (unpaired) electrons. The molecule has 2 rings (SSSR count). The number of carbonyl (C=O) groups is 2. The van der Waals surface area contributed by atoms with E-state index in [1.54, 1.807) is 18.7 Å². The summed E-state index contributed by atoms with van der Waals surface area (Å²) in [7, 11) is 3.00. The van der Waals surface area contributed by atoms with Gasteiger partial charge in [-0.1, -0.05) is 0 Å². The van der Waals surface area contributed by atoms with Crippen LogP contribution in [0, 0.1) is 5.41 Å². The summed E-state index contributed by atoms with van der Waals surface area (Å²) in [5.74, 6) is -2.29. The van der Waals surface area contributed by atoms with Gasteiger partial charge in [-0.2, -0.15) is 0 Å². The van der Waals surface area contributed by atoms with Gasteiger partial charge in [0, 0.05) is 38.8 Å². The van der Waals surface area contributed by atoms with Crippen LogP contribution in [0.25, 0.3) is 0 Å². The largest absolute Gasteiger partial charge is 0.494 e. The molecule has 0 amide bonds. The van der Waals surface area contributed by atoms with Gasteiger partial charge < -0.3 is 34.1 Å². The number of carboxylic acids is 2. The summed E-state index contributed by atoms with van der Waals surface area (Å²) in [4.78, 5) is 26.4. The Kier molecular flexibility index (Phi) is 7.09. The van der Waals surface area contributed by atoms with E-state index in [4.69, 9.17) is 18.9 Å². The molecule has 0 aromatic heterocycles. The Hall–Kier alpha value is -2.52. The van der Waals surface area contributed by atoms with Crippen LogP contribution < -0.4 is 0 Å². The number of methoxy groups -OCH3 is 2. The number of nitrogens with zero attached hydrogens (tertiary/aromatic N) is 1. The number of hydrogen-bond acceptors (Lipinski definition) is 7. The van der Waals surface area contributed by atoms with Crippen molar-refractivity contribution >= 4 is 11.9 Å². The molecule has 9 heteroatoms. The molecule has 28 heavy (non-hydrogen) atoms. The van der Waals surface area contributed by atoms with Gasteiger partial charge in [0.2, 0.25) is 0 Å². The minimum atomic E-state index is -1.54. The molecule has 156 valence electrons. The van der Waals surface area contributed by atoms with Crippen LogP contribution in [0.2, 0.25) is 0 Å². The van der Waals surface area contributed by atoms with Crippen LogP contribution >= 0.6 is 0 Å². The van der Waals surface area contributed by atoms with Gasteiger partial charge in [-0.15, -0.1) is 0 Å². The van der Waals surface area contributed by atoms with Crippen molar-refractivity contribution in [3.05, 3.63) is 34.6 Å². The molecule has 9 nitrogen and oxygen atoms in total. The topological polar surface area (TPSA) is 115 Å². The van der Waals surface area contributed by atoms with E-state index < -0.39 is 17.4 Å². The molecule has 0 atom stereocenters. The van der Waals surface area contributed by atoms with Gasteiger partial charge in [-0.25, -0.2) is 9.59 Å². The summed E-state index contributed by atoms with van der Waals surface area (Å²) < 4.78 is 21.4. The summed E-state index contributed by atoms with van der Waals surface area (Å²) in [5.41, 5.74) is -0.816. The summed E-state index contributed by atoms with van der Waals surface area (Å²) in [6.07, 6.45) is 1.39. The van der Waals surface area contributed by atoms with Crippen molar-refractivity contribution in [2.75, 3.05) is 47.2 Å². The predicted octanol–water partition coefficient (Wildman–Crippen LogP) is 1.58. The van der Waals surface area contributed by atoms with Crippen molar-refractivity contribution in [3.8, 4) is 0 Å². The van der Waals surface area contributed by atoms with Gasteiger partial charge >= 0.3 is 11.9 Å². The molecule has 0 unspecified atom stereocenters. The lowest BCUT2D eigenvalue weighted by molar-refractivity contribution is -0.136. The molecule has 0 aromatic carbocycles. The lowest BCUT2D eigenvalue weighted by atomic mass is 9.66. The van der Waals surface area contributed by atoms with E-state index in [2.05, 4.69) is 0 Å². The fourth-order valence-corrected chi connectivity index (χ4v) is 3.92. The van der Waals surface area contributed by atoms with Crippen LogP contribution in [-0.2, 0) is 28.5 Å². The lowest BCUT2D eigenvalue weighted by Crippen LogP contribution is -2.46. The van der Waals surface area contributed by atoms with Gasteiger partial charge in [0.25, 0.3) is 0 Å². The van der Waals surface area contributed by atoms with Crippen LogP contribution in [0.4, 0.5) is 0 Å². The third-order valence-corrected chi connectivity index (χ3v) is 5.08. The van der Waals surface area contributed by atoms with E-state index in [9.17, 15) is 19.8 Å². The van der Waals surface area contributed by atoms with E-state index in [0.717, 1.165) is 0 Å². The fraction of sp³-hybridized carbons (Fsp3) is 0.579. The first-order chi connectivity index (χ1) is 13.3. The standard InChI is InChI=1S/C19H27NO8/c1-12-15(17(21)22)19(5-7-25-3,14-11-27-9-10-28-14)16(18(23)24)13(2)20(12)6-8-26-4/h11H,5-10H2,1-4H3,(H,21,22)(H,23,24). The van der Waals surface area contributed by atoms with Crippen LogP contribution in [-0.4, -0.2) is 74.2 Å². The fourth-order valence-electron chi connectivity index (χ4n) is 3.92. The van der Waals surface area contributed by atoms with Gasteiger partial charge in [0.1, 0.15) is 30.6 Å². The van der Waals surface area contributed by atoms with Gasteiger partial charge in [-0.05, 0) is 20.3 Å². The van der Waals surface area contributed by atoms with Gasteiger partial charge in [0.15, 0.2) is 0 Å². The Labute approximate surface area is 163 Å². The molecular formula is C19H27NO8. The van der Waals surface area contributed by atoms with E-state index in [-0.39, 0.29) is 36.5 Å². The highest BCUT2D eigenvalue weighted by Crippen LogP contribution is 2.53. The molecule has 2 aliphatic rings. The summed E-state index contributed by atoms with van der Waals surface area (Å²) in [6, 6.07) is 0. The normalized spacial score (nSPS) is 19.1. The van der Waals surface area contributed by atoms with Crippen molar-refractivity contribution in [2.45, 2.75) is 20.3 Å². The van der Waals surface area contributed by atoms with E-state index >= 15 is 0 Å². The first-order valence-corrected chi connectivity index (χ1v) is 8.92. The van der Waals surface area contributed by atoms with Crippen LogP contribution in [0.15, 0.2) is 34.6 Å². The monoisotopic (exact) mass is 397 g/mol. The average molecular weight is 397 g/mol. The zero-order chi connectivity index (χ0) is 20.9. The second-order valence-corrected chi connectivity index (χ2v) is 6.53. The average Bonchev–Trinajstić information content (AvgIpc) is 2.66. The third kappa shape index (κ3) is 3.72. The highest BCUT2D eigenvalue weighted by molar-refractivity contribution is 5.99. The first kappa shape index (κ1) is 21.8. The van der Waals surface area contributed by atoms with Crippen molar-refractivity contribution in [1.82, 2.24) is 4.90 Å². The number of hydrogen-bond donors (Lipinski definition) is 2. The minimum absolute atomic E-state index is 0.0691. The maximum atomic E-state index is 12.4. The Morgan fingerprint density at radius 3 is 2.07 bits per heavy atom. The molecule has 0 fully saturated rings. The Balaban J connectivity index is 2.82. The molecule has 0 spiro atoms. The third-order valence-electron chi connectivity index (χ3n) is 5.08. The molecule has 2 heterocycles. The SMILES string of the molecule is COCCN1C(C)=C(C(=O)O)C(CCOC)(C2=COCCO2)C(C(=O)O)=C1C. The van der Waals surface area contributed by atoms with E-state index in [1.807, 2.05) is 0 Å². The second-order valence-electron chi connectivity index (χ2n) is 6.53. The lowest BCUT2D eigenvalue weighted by Gasteiger charge is -2.45. The Bertz CT molecular complexity index is 683. The Morgan fingerprint density at radius 2 is 1.64 bits per heavy atom. The predicted molar refractivity (Wildman–Crippen MR) is 98.2 cm³/mol. The number of ether oxygens (including phenoxy) is 4. The summed E-state index contributed by atoms with van der Waals surface area (Å²) in [5, 5.41) is 20.2. The second kappa shape index (κ2) is 9.11. The minimum Gasteiger partial charge on any atom is -0.494 e. The molecule has 2 aliphatic heterocycles. The summed E-state index contributed by atoms with van der Waals surface area (Å²) >= 11 is 0. The highest BCUT2D eigenvalue weighted by atomic mass is 16.6. The van der Waals surface area contributed by atoms with Crippen LogP contribution in [0.5, 0.6) is 0 Å². The van der Waals surface area contributed by atoms with Crippen LogP contribution in [0.1, 0.15) is 20.3 Å².